The molecule has 0 bridgehead atoms. The lowest BCUT2D eigenvalue weighted by molar-refractivity contribution is 0.102. The standard InChI is InChI=1S/C18H15FN4O/c19-16-2-1-3-17(23-16)21-12-13-4-6-14(7-5-13)18(24)22-15-8-10-20-11-9-15/h1-11H,12H2,(H,21,23)(H,20,22,24). The summed E-state index contributed by atoms with van der Waals surface area (Å²) >= 11 is 0. The van der Waals surface area contributed by atoms with Crippen LogP contribution >= 0.6 is 0 Å². The molecule has 0 fully saturated rings. The van der Waals surface area contributed by atoms with Gasteiger partial charge in [0.25, 0.3) is 5.91 Å². The highest BCUT2D eigenvalue weighted by Crippen LogP contribution is 2.11. The van der Waals surface area contributed by atoms with E-state index in [1.54, 1.807) is 48.8 Å². The van der Waals surface area contributed by atoms with Gasteiger partial charge in [-0.2, -0.15) is 4.39 Å². The molecule has 3 aromatic rings. The molecule has 2 N–H and O–H groups in total. The number of carbonyl (C=O) groups excluding carboxylic acids is 1. The first-order chi connectivity index (χ1) is 11.7. The number of benzene rings is 1. The molecule has 0 saturated heterocycles. The first-order valence-corrected chi connectivity index (χ1v) is 7.37. The zero-order valence-corrected chi connectivity index (χ0v) is 12.7. The van der Waals surface area contributed by atoms with Crippen LogP contribution in [0.3, 0.4) is 0 Å². The molecule has 24 heavy (non-hydrogen) atoms. The lowest BCUT2D eigenvalue weighted by atomic mass is 10.1. The topological polar surface area (TPSA) is 66.9 Å². The van der Waals surface area contributed by atoms with Crippen LogP contribution in [0, 0.1) is 5.95 Å². The van der Waals surface area contributed by atoms with Crippen LogP contribution in [-0.4, -0.2) is 15.9 Å². The number of nitrogens with one attached hydrogen (secondary N) is 2. The smallest absolute Gasteiger partial charge is 0.255 e. The van der Waals surface area contributed by atoms with Gasteiger partial charge in [0.15, 0.2) is 0 Å². The number of carbonyl (C=O) groups is 1. The van der Waals surface area contributed by atoms with Crippen molar-refractivity contribution in [3.8, 4) is 0 Å². The van der Waals surface area contributed by atoms with Gasteiger partial charge in [-0.3, -0.25) is 9.78 Å². The average Bonchev–Trinajstić information content (AvgIpc) is 2.61. The number of hydrogen-bond donors (Lipinski definition) is 2. The van der Waals surface area contributed by atoms with Crippen LogP contribution in [0.4, 0.5) is 15.9 Å². The maximum absolute atomic E-state index is 13.0. The van der Waals surface area contributed by atoms with Crippen LogP contribution in [0.5, 0.6) is 0 Å². The Morgan fingerprint density at radius 1 is 1.00 bits per heavy atom. The van der Waals surface area contributed by atoms with E-state index in [1.807, 2.05) is 12.1 Å². The third kappa shape index (κ3) is 4.13. The Morgan fingerprint density at radius 2 is 1.75 bits per heavy atom. The predicted molar refractivity (Wildman–Crippen MR) is 90.2 cm³/mol. The van der Waals surface area contributed by atoms with Crippen molar-refractivity contribution in [2.75, 3.05) is 10.6 Å². The molecule has 0 radical (unpaired) electrons. The van der Waals surface area contributed by atoms with E-state index in [9.17, 15) is 9.18 Å². The van der Waals surface area contributed by atoms with E-state index < -0.39 is 5.95 Å². The number of anilines is 2. The summed E-state index contributed by atoms with van der Waals surface area (Å²) in [7, 11) is 0. The Morgan fingerprint density at radius 3 is 2.46 bits per heavy atom. The van der Waals surface area contributed by atoms with Crippen molar-refractivity contribution in [3.63, 3.8) is 0 Å². The molecule has 1 aromatic carbocycles. The molecule has 3 rings (SSSR count). The predicted octanol–water partition coefficient (Wildman–Crippen LogP) is 3.48. The second kappa shape index (κ2) is 7.32. The summed E-state index contributed by atoms with van der Waals surface area (Å²) in [6.07, 6.45) is 3.23. The number of rotatable bonds is 5. The Kier molecular flexibility index (Phi) is 4.76. The molecule has 2 aromatic heterocycles. The quantitative estimate of drug-likeness (QED) is 0.706. The fourth-order valence-electron chi connectivity index (χ4n) is 2.11. The molecule has 0 unspecified atom stereocenters. The van der Waals surface area contributed by atoms with Gasteiger partial charge in [-0.1, -0.05) is 18.2 Å². The van der Waals surface area contributed by atoms with Gasteiger partial charge >= 0.3 is 0 Å². The van der Waals surface area contributed by atoms with Gasteiger partial charge < -0.3 is 10.6 Å². The van der Waals surface area contributed by atoms with Gasteiger partial charge in [-0.05, 0) is 42.0 Å². The third-order valence-corrected chi connectivity index (χ3v) is 3.34. The van der Waals surface area contributed by atoms with E-state index in [2.05, 4.69) is 20.6 Å². The van der Waals surface area contributed by atoms with Crippen molar-refractivity contribution in [2.45, 2.75) is 6.54 Å². The summed E-state index contributed by atoms with van der Waals surface area (Å²) in [5.74, 6) is -0.245. The first kappa shape index (κ1) is 15.6. The highest BCUT2D eigenvalue weighted by molar-refractivity contribution is 6.04. The van der Waals surface area contributed by atoms with Crippen molar-refractivity contribution in [1.82, 2.24) is 9.97 Å². The zero-order valence-electron chi connectivity index (χ0n) is 12.7. The number of aromatic nitrogens is 2. The van der Waals surface area contributed by atoms with Crippen LogP contribution in [0.25, 0.3) is 0 Å². The van der Waals surface area contributed by atoms with Gasteiger partial charge in [0, 0.05) is 30.2 Å². The minimum atomic E-state index is -0.525. The summed E-state index contributed by atoms with van der Waals surface area (Å²) in [6.45, 7) is 0.489. The molecule has 120 valence electrons. The van der Waals surface area contributed by atoms with Crippen molar-refractivity contribution in [3.05, 3.63) is 84.1 Å². The maximum Gasteiger partial charge on any atom is 0.255 e. The summed E-state index contributed by atoms with van der Waals surface area (Å²) in [4.78, 5) is 19.8. The van der Waals surface area contributed by atoms with Crippen LogP contribution in [-0.2, 0) is 6.54 Å². The Balaban J connectivity index is 1.59. The van der Waals surface area contributed by atoms with Crippen molar-refractivity contribution in [2.24, 2.45) is 0 Å². The largest absolute Gasteiger partial charge is 0.366 e. The van der Waals surface area contributed by atoms with Crippen LogP contribution in [0.1, 0.15) is 15.9 Å². The van der Waals surface area contributed by atoms with E-state index >= 15 is 0 Å². The van der Waals surface area contributed by atoms with Gasteiger partial charge in [0.1, 0.15) is 5.82 Å². The Hall–Kier alpha value is -3.28. The fourth-order valence-corrected chi connectivity index (χ4v) is 2.11. The van der Waals surface area contributed by atoms with Crippen molar-refractivity contribution < 1.29 is 9.18 Å². The summed E-state index contributed by atoms with van der Waals surface area (Å²) in [5.41, 5.74) is 2.21. The average molecular weight is 322 g/mol. The van der Waals surface area contributed by atoms with Crippen LogP contribution in [0.2, 0.25) is 0 Å². The molecular weight excluding hydrogens is 307 g/mol. The lowest BCUT2D eigenvalue weighted by Gasteiger charge is -2.07. The maximum atomic E-state index is 13.0. The number of pyridine rings is 2. The summed E-state index contributed by atoms with van der Waals surface area (Å²) in [6, 6.07) is 15.2. The number of hydrogen-bond acceptors (Lipinski definition) is 4. The minimum Gasteiger partial charge on any atom is -0.366 e. The molecule has 5 nitrogen and oxygen atoms in total. The summed E-state index contributed by atoms with van der Waals surface area (Å²) < 4.78 is 13.0. The normalized spacial score (nSPS) is 10.2. The van der Waals surface area contributed by atoms with E-state index in [-0.39, 0.29) is 5.91 Å². The molecule has 0 aliphatic heterocycles. The number of halogens is 1. The lowest BCUT2D eigenvalue weighted by Crippen LogP contribution is -2.12. The summed E-state index contributed by atoms with van der Waals surface area (Å²) in [5, 5.41) is 5.83. The first-order valence-electron chi connectivity index (χ1n) is 7.37. The highest BCUT2D eigenvalue weighted by atomic mass is 19.1. The fraction of sp³-hybridized carbons (Fsp3) is 0.0556. The number of amides is 1. The van der Waals surface area contributed by atoms with E-state index in [4.69, 9.17) is 0 Å². The molecule has 2 heterocycles. The minimum absolute atomic E-state index is 0.187. The van der Waals surface area contributed by atoms with Crippen molar-refractivity contribution >= 4 is 17.4 Å². The second-order valence-electron chi connectivity index (χ2n) is 5.09. The molecule has 1 amide bonds. The van der Waals surface area contributed by atoms with E-state index in [0.29, 0.717) is 23.6 Å². The second-order valence-corrected chi connectivity index (χ2v) is 5.09. The zero-order chi connectivity index (χ0) is 16.8. The third-order valence-electron chi connectivity index (χ3n) is 3.34. The molecular formula is C18H15FN4O. The van der Waals surface area contributed by atoms with Gasteiger partial charge in [0.2, 0.25) is 5.95 Å². The SMILES string of the molecule is O=C(Nc1ccncc1)c1ccc(CNc2cccc(F)n2)cc1. The Bertz CT molecular complexity index is 822. The van der Waals surface area contributed by atoms with Gasteiger partial charge in [-0.15, -0.1) is 0 Å². The molecule has 0 aliphatic rings. The molecule has 0 aliphatic carbocycles. The van der Waals surface area contributed by atoms with Crippen LogP contribution in [0.15, 0.2) is 67.0 Å². The van der Waals surface area contributed by atoms with E-state index in [0.717, 1.165) is 5.56 Å². The van der Waals surface area contributed by atoms with Gasteiger partial charge in [-0.25, -0.2) is 4.98 Å². The van der Waals surface area contributed by atoms with E-state index in [1.165, 1.54) is 6.07 Å². The van der Waals surface area contributed by atoms with Gasteiger partial charge in [0.05, 0.1) is 0 Å². The molecule has 0 saturated carbocycles. The number of nitrogens with zero attached hydrogens (tertiary/aromatic N) is 2. The molecule has 0 spiro atoms. The molecule has 0 atom stereocenters. The van der Waals surface area contributed by atoms with Crippen LogP contribution < -0.4 is 10.6 Å². The highest BCUT2D eigenvalue weighted by Gasteiger charge is 2.06. The monoisotopic (exact) mass is 322 g/mol. The molecule has 6 heteroatoms. The van der Waals surface area contributed by atoms with Crippen molar-refractivity contribution in [1.29, 1.82) is 0 Å². The Labute approximate surface area is 138 Å².